The lowest BCUT2D eigenvalue weighted by Crippen LogP contribution is -2.26. The van der Waals surface area contributed by atoms with Gasteiger partial charge in [-0.1, -0.05) is 23.7 Å². The maximum Gasteiger partial charge on any atom is 0.146 e. The number of nitrogens with zero attached hydrogens (tertiary/aromatic N) is 1. The van der Waals surface area contributed by atoms with Crippen molar-refractivity contribution in [1.82, 2.24) is 4.90 Å². The SMILES string of the molecule is CN(C)C[C@@H](N)c1cccc(Cl)c1F. The van der Waals surface area contributed by atoms with Gasteiger partial charge >= 0.3 is 0 Å². The van der Waals surface area contributed by atoms with E-state index in [1.54, 1.807) is 12.1 Å². The van der Waals surface area contributed by atoms with Gasteiger partial charge in [-0.3, -0.25) is 0 Å². The molecule has 14 heavy (non-hydrogen) atoms. The van der Waals surface area contributed by atoms with E-state index in [4.69, 9.17) is 17.3 Å². The van der Waals surface area contributed by atoms with Crippen molar-refractivity contribution >= 4 is 11.6 Å². The first-order chi connectivity index (χ1) is 6.52. The van der Waals surface area contributed by atoms with Gasteiger partial charge in [-0.25, -0.2) is 4.39 Å². The van der Waals surface area contributed by atoms with Gasteiger partial charge in [0.1, 0.15) is 5.82 Å². The Labute approximate surface area is 88.5 Å². The van der Waals surface area contributed by atoms with Crippen LogP contribution in [0.15, 0.2) is 18.2 Å². The van der Waals surface area contributed by atoms with Crippen LogP contribution in [-0.4, -0.2) is 25.5 Å². The molecule has 0 spiro atoms. The number of nitrogens with two attached hydrogens (primary N) is 1. The minimum absolute atomic E-state index is 0.122. The van der Waals surface area contributed by atoms with E-state index in [2.05, 4.69) is 0 Å². The van der Waals surface area contributed by atoms with Gasteiger partial charge in [0.05, 0.1) is 5.02 Å². The van der Waals surface area contributed by atoms with Gasteiger partial charge in [0.2, 0.25) is 0 Å². The summed E-state index contributed by atoms with van der Waals surface area (Å²) in [5.41, 5.74) is 6.29. The molecule has 1 aromatic carbocycles. The van der Waals surface area contributed by atoms with Crippen LogP contribution in [-0.2, 0) is 0 Å². The molecular formula is C10H14ClFN2. The first kappa shape index (κ1) is 11.4. The molecule has 0 radical (unpaired) electrons. The van der Waals surface area contributed by atoms with Gasteiger partial charge in [0.15, 0.2) is 0 Å². The second-order valence-corrected chi connectivity index (χ2v) is 3.92. The lowest BCUT2D eigenvalue weighted by atomic mass is 10.1. The summed E-state index contributed by atoms with van der Waals surface area (Å²) in [5.74, 6) is -0.413. The highest BCUT2D eigenvalue weighted by molar-refractivity contribution is 6.30. The fourth-order valence-corrected chi connectivity index (χ4v) is 1.48. The summed E-state index contributed by atoms with van der Waals surface area (Å²) >= 11 is 5.65. The maximum absolute atomic E-state index is 13.5. The molecule has 0 amide bonds. The molecule has 0 bridgehead atoms. The Bertz CT molecular complexity index is 315. The predicted octanol–water partition coefficient (Wildman–Crippen LogP) is 2.04. The third-order valence-corrected chi connectivity index (χ3v) is 2.23. The molecule has 1 rings (SSSR count). The predicted molar refractivity (Wildman–Crippen MR) is 56.9 cm³/mol. The molecule has 0 saturated carbocycles. The van der Waals surface area contributed by atoms with E-state index < -0.39 is 5.82 Å². The highest BCUT2D eigenvalue weighted by Crippen LogP contribution is 2.22. The first-order valence-electron chi connectivity index (χ1n) is 4.36. The molecule has 0 saturated heterocycles. The number of rotatable bonds is 3. The Morgan fingerprint density at radius 2 is 2.14 bits per heavy atom. The molecule has 78 valence electrons. The van der Waals surface area contributed by atoms with Crippen molar-refractivity contribution < 1.29 is 4.39 Å². The van der Waals surface area contributed by atoms with Gasteiger partial charge in [-0.15, -0.1) is 0 Å². The van der Waals surface area contributed by atoms with E-state index in [9.17, 15) is 4.39 Å². The average molecular weight is 217 g/mol. The molecule has 2 N–H and O–H groups in total. The standard InChI is InChI=1S/C10H14ClFN2/c1-14(2)6-9(13)7-4-3-5-8(11)10(7)12/h3-5,9H,6,13H2,1-2H3/t9-/m1/s1. The zero-order valence-electron chi connectivity index (χ0n) is 8.30. The van der Waals surface area contributed by atoms with Crippen LogP contribution >= 0.6 is 11.6 Å². The molecule has 0 aliphatic heterocycles. The Hall–Kier alpha value is -0.640. The number of hydrogen-bond acceptors (Lipinski definition) is 2. The maximum atomic E-state index is 13.5. The van der Waals surface area contributed by atoms with Crippen molar-refractivity contribution in [1.29, 1.82) is 0 Å². The highest BCUT2D eigenvalue weighted by Gasteiger charge is 2.13. The topological polar surface area (TPSA) is 29.3 Å². The van der Waals surface area contributed by atoms with Crippen molar-refractivity contribution in [3.8, 4) is 0 Å². The summed E-state index contributed by atoms with van der Waals surface area (Å²) < 4.78 is 13.5. The third kappa shape index (κ3) is 2.67. The van der Waals surface area contributed by atoms with Crippen LogP contribution in [0.4, 0.5) is 4.39 Å². The summed E-state index contributed by atoms with van der Waals surface area (Å²) in [4.78, 5) is 1.91. The van der Waals surface area contributed by atoms with Crippen LogP contribution in [0.1, 0.15) is 11.6 Å². The molecule has 0 aliphatic carbocycles. The van der Waals surface area contributed by atoms with Gasteiger partial charge in [0.25, 0.3) is 0 Å². The largest absolute Gasteiger partial charge is 0.323 e. The minimum Gasteiger partial charge on any atom is -0.323 e. The molecule has 0 unspecified atom stereocenters. The van der Waals surface area contributed by atoms with Crippen LogP contribution in [0.5, 0.6) is 0 Å². The monoisotopic (exact) mass is 216 g/mol. The van der Waals surface area contributed by atoms with Crippen molar-refractivity contribution in [2.45, 2.75) is 6.04 Å². The summed E-state index contributed by atoms with van der Waals surface area (Å²) in [7, 11) is 3.78. The molecule has 4 heteroatoms. The van der Waals surface area contributed by atoms with Crippen LogP contribution in [0.25, 0.3) is 0 Å². The molecule has 0 heterocycles. The normalized spacial score (nSPS) is 13.3. The third-order valence-electron chi connectivity index (χ3n) is 1.94. The van der Waals surface area contributed by atoms with Gasteiger partial charge in [-0.2, -0.15) is 0 Å². The van der Waals surface area contributed by atoms with Crippen LogP contribution in [0.3, 0.4) is 0 Å². The van der Waals surface area contributed by atoms with Crippen LogP contribution in [0, 0.1) is 5.82 Å². The Balaban J connectivity index is 2.89. The number of likely N-dealkylation sites (N-methyl/N-ethyl adjacent to an activating group) is 1. The molecule has 2 nitrogen and oxygen atoms in total. The minimum atomic E-state index is -0.413. The molecule has 1 aromatic rings. The fourth-order valence-electron chi connectivity index (χ4n) is 1.30. The second kappa shape index (κ2) is 4.73. The molecule has 0 aliphatic rings. The van der Waals surface area contributed by atoms with E-state index in [0.717, 1.165) is 0 Å². The van der Waals surface area contributed by atoms with Crippen molar-refractivity contribution in [3.05, 3.63) is 34.6 Å². The smallest absolute Gasteiger partial charge is 0.146 e. The summed E-state index contributed by atoms with van der Waals surface area (Å²) in [6.07, 6.45) is 0. The van der Waals surface area contributed by atoms with E-state index in [0.29, 0.717) is 12.1 Å². The Kier molecular flexibility index (Phi) is 3.86. The first-order valence-corrected chi connectivity index (χ1v) is 4.74. The zero-order chi connectivity index (χ0) is 10.7. The molecule has 0 aromatic heterocycles. The second-order valence-electron chi connectivity index (χ2n) is 3.51. The molecule has 0 fully saturated rings. The lowest BCUT2D eigenvalue weighted by Gasteiger charge is -2.17. The Morgan fingerprint density at radius 3 is 2.71 bits per heavy atom. The summed E-state index contributed by atoms with van der Waals surface area (Å²) in [6.45, 7) is 0.595. The highest BCUT2D eigenvalue weighted by atomic mass is 35.5. The Morgan fingerprint density at radius 1 is 1.50 bits per heavy atom. The van der Waals surface area contributed by atoms with E-state index in [1.165, 1.54) is 6.07 Å². The van der Waals surface area contributed by atoms with E-state index in [-0.39, 0.29) is 11.1 Å². The van der Waals surface area contributed by atoms with Crippen LogP contribution in [0.2, 0.25) is 5.02 Å². The summed E-state index contributed by atoms with van der Waals surface area (Å²) in [6, 6.07) is 4.54. The fraction of sp³-hybridized carbons (Fsp3) is 0.400. The zero-order valence-corrected chi connectivity index (χ0v) is 9.05. The quantitative estimate of drug-likeness (QED) is 0.838. The van der Waals surface area contributed by atoms with Crippen LogP contribution < -0.4 is 5.73 Å². The van der Waals surface area contributed by atoms with E-state index in [1.807, 2.05) is 19.0 Å². The number of benzene rings is 1. The lowest BCUT2D eigenvalue weighted by molar-refractivity contribution is 0.371. The van der Waals surface area contributed by atoms with Gasteiger partial charge in [0, 0.05) is 18.2 Å². The summed E-state index contributed by atoms with van der Waals surface area (Å²) in [5, 5.41) is 0.122. The van der Waals surface area contributed by atoms with E-state index >= 15 is 0 Å². The average Bonchev–Trinajstić information content (AvgIpc) is 2.08. The number of hydrogen-bond donors (Lipinski definition) is 1. The number of halogens is 2. The van der Waals surface area contributed by atoms with Crippen molar-refractivity contribution in [3.63, 3.8) is 0 Å². The molecule has 1 atom stereocenters. The molecular weight excluding hydrogens is 203 g/mol. The van der Waals surface area contributed by atoms with Crippen molar-refractivity contribution in [2.24, 2.45) is 5.73 Å². The van der Waals surface area contributed by atoms with Gasteiger partial charge in [-0.05, 0) is 20.2 Å². The van der Waals surface area contributed by atoms with Crippen molar-refractivity contribution in [2.75, 3.05) is 20.6 Å². The van der Waals surface area contributed by atoms with Gasteiger partial charge < -0.3 is 10.6 Å².